The van der Waals surface area contributed by atoms with Gasteiger partial charge in [0.05, 0.1) is 6.33 Å². The van der Waals surface area contributed by atoms with E-state index in [-0.39, 0.29) is 0 Å². The molecule has 0 aromatic carbocycles. The molecule has 0 amide bonds. The molecular formula is C14H25N3. The van der Waals surface area contributed by atoms with Gasteiger partial charge >= 0.3 is 0 Å². The Morgan fingerprint density at radius 1 is 1.41 bits per heavy atom. The molecule has 0 aliphatic heterocycles. The molecular weight excluding hydrogens is 210 g/mol. The van der Waals surface area contributed by atoms with Crippen LogP contribution in [0.2, 0.25) is 0 Å². The van der Waals surface area contributed by atoms with Crippen molar-refractivity contribution in [2.24, 2.45) is 5.73 Å². The summed E-state index contributed by atoms with van der Waals surface area (Å²) in [7, 11) is 0. The molecule has 1 saturated carbocycles. The van der Waals surface area contributed by atoms with E-state index in [9.17, 15) is 0 Å². The lowest BCUT2D eigenvalue weighted by molar-refractivity contribution is 0.393. The average Bonchev–Trinajstić information content (AvgIpc) is 2.86. The van der Waals surface area contributed by atoms with Crippen LogP contribution in [0.4, 0.5) is 0 Å². The average molecular weight is 235 g/mol. The number of nitrogens with two attached hydrogens (primary N) is 1. The van der Waals surface area contributed by atoms with Crippen LogP contribution in [-0.4, -0.2) is 16.1 Å². The van der Waals surface area contributed by atoms with Crippen molar-refractivity contribution in [2.45, 2.75) is 63.8 Å². The van der Waals surface area contributed by atoms with Crippen molar-refractivity contribution in [1.82, 2.24) is 9.55 Å². The summed E-state index contributed by atoms with van der Waals surface area (Å²) in [6.07, 6.45) is 13.2. The van der Waals surface area contributed by atoms with Gasteiger partial charge in [0, 0.05) is 30.4 Å². The molecule has 17 heavy (non-hydrogen) atoms. The van der Waals surface area contributed by atoms with Gasteiger partial charge in [-0.25, -0.2) is 4.98 Å². The largest absolute Gasteiger partial charge is 0.330 e. The number of hydrogen-bond donors (Lipinski definition) is 1. The summed E-state index contributed by atoms with van der Waals surface area (Å²) in [6.45, 7) is 2.95. The summed E-state index contributed by atoms with van der Waals surface area (Å²) in [5, 5.41) is 0. The summed E-state index contributed by atoms with van der Waals surface area (Å²) in [5.41, 5.74) is 7.32. The van der Waals surface area contributed by atoms with Gasteiger partial charge in [0.15, 0.2) is 0 Å². The van der Waals surface area contributed by atoms with Gasteiger partial charge in [-0.15, -0.1) is 0 Å². The van der Waals surface area contributed by atoms with Crippen LogP contribution in [-0.2, 0) is 0 Å². The summed E-state index contributed by atoms with van der Waals surface area (Å²) < 4.78 is 2.35. The highest BCUT2D eigenvalue weighted by Crippen LogP contribution is 2.33. The summed E-state index contributed by atoms with van der Waals surface area (Å²) in [6, 6.07) is 0.444. The van der Waals surface area contributed by atoms with Crippen LogP contribution in [0.5, 0.6) is 0 Å². The van der Waals surface area contributed by atoms with E-state index in [2.05, 4.69) is 22.7 Å². The summed E-state index contributed by atoms with van der Waals surface area (Å²) in [5.74, 6) is 0.720. The fraction of sp³-hybridized carbons (Fsp3) is 0.786. The second kappa shape index (κ2) is 6.20. The predicted octanol–water partition coefficient (Wildman–Crippen LogP) is 3.23. The fourth-order valence-electron chi connectivity index (χ4n) is 3.04. The van der Waals surface area contributed by atoms with Crippen LogP contribution in [0.1, 0.15) is 69.5 Å². The SMILES string of the molecule is CCCC(CN)n1cncc1C1CCCCC1. The van der Waals surface area contributed by atoms with Crippen LogP contribution in [0.3, 0.4) is 0 Å². The lowest BCUT2D eigenvalue weighted by Gasteiger charge is -2.26. The molecule has 1 aliphatic rings. The van der Waals surface area contributed by atoms with Crippen LogP contribution in [0.25, 0.3) is 0 Å². The highest BCUT2D eigenvalue weighted by atomic mass is 15.1. The fourth-order valence-corrected chi connectivity index (χ4v) is 3.04. The maximum atomic E-state index is 5.90. The van der Waals surface area contributed by atoms with Gasteiger partial charge in [-0.3, -0.25) is 0 Å². The van der Waals surface area contributed by atoms with Crippen LogP contribution in [0, 0.1) is 0 Å². The van der Waals surface area contributed by atoms with E-state index in [0.717, 1.165) is 18.9 Å². The highest BCUT2D eigenvalue weighted by Gasteiger charge is 2.21. The van der Waals surface area contributed by atoms with Crippen molar-refractivity contribution in [1.29, 1.82) is 0 Å². The Labute approximate surface area is 104 Å². The molecule has 0 bridgehead atoms. The lowest BCUT2D eigenvalue weighted by Crippen LogP contribution is -2.22. The molecule has 1 fully saturated rings. The van der Waals surface area contributed by atoms with E-state index in [1.54, 1.807) is 0 Å². The topological polar surface area (TPSA) is 43.8 Å². The Kier molecular flexibility index (Phi) is 4.60. The number of aromatic nitrogens is 2. The van der Waals surface area contributed by atoms with E-state index < -0.39 is 0 Å². The zero-order valence-electron chi connectivity index (χ0n) is 10.9. The molecule has 1 aliphatic carbocycles. The minimum absolute atomic E-state index is 0.444. The molecule has 96 valence electrons. The quantitative estimate of drug-likeness (QED) is 0.851. The molecule has 1 unspecified atom stereocenters. The van der Waals surface area contributed by atoms with E-state index >= 15 is 0 Å². The predicted molar refractivity (Wildman–Crippen MR) is 71.1 cm³/mol. The second-order valence-corrected chi connectivity index (χ2v) is 5.24. The number of imidazole rings is 1. The first-order valence-electron chi connectivity index (χ1n) is 7.08. The maximum absolute atomic E-state index is 5.90. The zero-order chi connectivity index (χ0) is 12.1. The molecule has 1 heterocycles. The Morgan fingerprint density at radius 3 is 2.82 bits per heavy atom. The zero-order valence-corrected chi connectivity index (χ0v) is 10.9. The third-order valence-corrected chi connectivity index (χ3v) is 4.01. The molecule has 0 radical (unpaired) electrons. The molecule has 2 rings (SSSR count). The van der Waals surface area contributed by atoms with Gasteiger partial charge in [0.2, 0.25) is 0 Å². The normalized spacial score (nSPS) is 19.4. The van der Waals surface area contributed by atoms with Gasteiger partial charge in [0.25, 0.3) is 0 Å². The second-order valence-electron chi connectivity index (χ2n) is 5.24. The van der Waals surface area contributed by atoms with Crippen LogP contribution in [0.15, 0.2) is 12.5 Å². The smallest absolute Gasteiger partial charge is 0.0951 e. The van der Waals surface area contributed by atoms with Crippen molar-refractivity contribution in [3.05, 3.63) is 18.2 Å². The molecule has 1 aromatic heterocycles. The Balaban J connectivity index is 2.14. The van der Waals surface area contributed by atoms with Gasteiger partial charge in [0.1, 0.15) is 0 Å². The van der Waals surface area contributed by atoms with E-state index in [0.29, 0.717) is 6.04 Å². The van der Waals surface area contributed by atoms with Crippen LogP contribution >= 0.6 is 0 Å². The molecule has 3 heteroatoms. The van der Waals surface area contributed by atoms with Crippen molar-refractivity contribution in [3.63, 3.8) is 0 Å². The monoisotopic (exact) mass is 235 g/mol. The first kappa shape index (κ1) is 12.6. The van der Waals surface area contributed by atoms with E-state index in [4.69, 9.17) is 5.73 Å². The number of rotatable bonds is 5. The molecule has 3 nitrogen and oxygen atoms in total. The van der Waals surface area contributed by atoms with E-state index in [1.807, 2.05) is 6.33 Å². The standard InChI is InChI=1S/C14H25N3/c1-2-6-13(9-15)17-11-16-10-14(17)12-7-4-3-5-8-12/h10-13H,2-9,15H2,1H3. The third-order valence-electron chi connectivity index (χ3n) is 4.01. The Morgan fingerprint density at radius 2 is 2.18 bits per heavy atom. The molecule has 1 atom stereocenters. The minimum atomic E-state index is 0.444. The lowest BCUT2D eigenvalue weighted by atomic mass is 9.87. The first-order valence-corrected chi connectivity index (χ1v) is 7.08. The van der Waals surface area contributed by atoms with Crippen molar-refractivity contribution in [2.75, 3.05) is 6.54 Å². The Hall–Kier alpha value is -0.830. The van der Waals surface area contributed by atoms with Gasteiger partial charge < -0.3 is 10.3 Å². The first-order chi connectivity index (χ1) is 8.36. The molecule has 2 N–H and O–H groups in total. The van der Waals surface area contributed by atoms with Gasteiger partial charge in [-0.1, -0.05) is 32.6 Å². The van der Waals surface area contributed by atoms with Crippen molar-refractivity contribution < 1.29 is 0 Å². The molecule has 0 saturated heterocycles. The number of hydrogen-bond acceptors (Lipinski definition) is 2. The van der Waals surface area contributed by atoms with Gasteiger partial charge in [-0.05, 0) is 19.3 Å². The number of nitrogens with zero attached hydrogens (tertiary/aromatic N) is 2. The summed E-state index contributed by atoms with van der Waals surface area (Å²) in [4.78, 5) is 4.36. The molecule has 1 aromatic rings. The summed E-state index contributed by atoms with van der Waals surface area (Å²) >= 11 is 0. The van der Waals surface area contributed by atoms with Crippen molar-refractivity contribution >= 4 is 0 Å². The minimum Gasteiger partial charge on any atom is -0.330 e. The Bertz CT molecular complexity index is 307. The van der Waals surface area contributed by atoms with Crippen molar-refractivity contribution in [3.8, 4) is 0 Å². The molecule has 0 spiro atoms. The van der Waals surface area contributed by atoms with E-state index in [1.165, 1.54) is 44.2 Å². The third kappa shape index (κ3) is 2.89. The highest BCUT2D eigenvalue weighted by molar-refractivity contribution is 5.09. The maximum Gasteiger partial charge on any atom is 0.0951 e. The van der Waals surface area contributed by atoms with Crippen LogP contribution < -0.4 is 5.73 Å². The van der Waals surface area contributed by atoms with Gasteiger partial charge in [-0.2, -0.15) is 0 Å².